The Kier molecular flexibility index (Phi) is 6.80. The Balaban J connectivity index is 1.91. The molecule has 0 radical (unpaired) electrons. The Morgan fingerprint density at radius 3 is 1.86 bits per heavy atom. The number of nitrogens with one attached hydrogen (secondary N) is 2. The maximum atomic E-state index is 13.3. The predicted octanol–water partition coefficient (Wildman–Crippen LogP) is 4.99. The zero-order valence-corrected chi connectivity index (χ0v) is 16.8. The van der Waals surface area contributed by atoms with Crippen molar-refractivity contribution in [3.05, 3.63) is 102 Å². The minimum Gasteiger partial charge on any atom is -0.350 e. The Morgan fingerprint density at radius 2 is 1.31 bits per heavy atom. The first kappa shape index (κ1) is 20.3. The maximum absolute atomic E-state index is 13.3. The fourth-order valence-corrected chi connectivity index (χ4v) is 3.18. The van der Waals surface area contributed by atoms with E-state index in [9.17, 15) is 9.59 Å². The molecular weight excluding hydrogens is 360 g/mol. The van der Waals surface area contributed by atoms with Gasteiger partial charge in [0.2, 0.25) is 5.91 Å². The van der Waals surface area contributed by atoms with Gasteiger partial charge in [0.1, 0.15) is 0 Å². The van der Waals surface area contributed by atoms with Gasteiger partial charge in [-0.25, -0.2) is 0 Å². The van der Waals surface area contributed by atoms with Gasteiger partial charge in [0.25, 0.3) is 5.91 Å². The third kappa shape index (κ3) is 5.11. The number of rotatable bonds is 7. The third-order valence-electron chi connectivity index (χ3n) is 4.95. The molecule has 29 heavy (non-hydrogen) atoms. The number of benzene rings is 3. The molecule has 1 atom stereocenters. The molecule has 0 fully saturated rings. The third-order valence-corrected chi connectivity index (χ3v) is 4.95. The van der Waals surface area contributed by atoms with Crippen molar-refractivity contribution in [2.45, 2.75) is 32.2 Å². The highest BCUT2D eigenvalue weighted by Crippen LogP contribution is 2.27. The van der Waals surface area contributed by atoms with Crippen LogP contribution in [0.3, 0.4) is 0 Å². The van der Waals surface area contributed by atoms with Crippen molar-refractivity contribution in [3.63, 3.8) is 0 Å². The van der Waals surface area contributed by atoms with Crippen LogP contribution in [0.5, 0.6) is 0 Å². The number of amides is 2. The fraction of sp³-hybridized carbons (Fsp3) is 0.200. The van der Waals surface area contributed by atoms with E-state index in [4.69, 9.17) is 0 Å². The average molecular weight is 386 g/mol. The second kappa shape index (κ2) is 9.69. The van der Waals surface area contributed by atoms with Gasteiger partial charge >= 0.3 is 0 Å². The fourth-order valence-electron chi connectivity index (χ4n) is 3.18. The summed E-state index contributed by atoms with van der Waals surface area (Å²) in [7, 11) is 0. The first-order chi connectivity index (χ1) is 14.1. The molecule has 0 aliphatic carbocycles. The summed E-state index contributed by atoms with van der Waals surface area (Å²) >= 11 is 0. The lowest BCUT2D eigenvalue weighted by molar-refractivity contribution is -0.116. The summed E-state index contributed by atoms with van der Waals surface area (Å²) in [6, 6.07) is 26.5. The van der Waals surface area contributed by atoms with Crippen molar-refractivity contribution in [1.29, 1.82) is 0 Å². The van der Waals surface area contributed by atoms with E-state index in [1.807, 2.05) is 80.6 Å². The Labute approximate surface area is 172 Å². The van der Waals surface area contributed by atoms with E-state index in [1.165, 1.54) is 0 Å². The van der Waals surface area contributed by atoms with E-state index < -0.39 is 5.92 Å². The molecule has 3 rings (SSSR count). The lowest BCUT2D eigenvalue weighted by atomic mass is 9.90. The van der Waals surface area contributed by atoms with E-state index in [-0.39, 0.29) is 17.9 Å². The molecule has 0 aliphatic rings. The largest absolute Gasteiger partial charge is 0.350 e. The highest BCUT2D eigenvalue weighted by Gasteiger charge is 2.24. The van der Waals surface area contributed by atoms with Crippen molar-refractivity contribution in [1.82, 2.24) is 5.32 Å². The first-order valence-electron chi connectivity index (χ1n) is 9.90. The summed E-state index contributed by atoms with van der Waals surface area (Å²) in [4.78, 5) is 26.0. The van der Waals surface area contributed by atoms with Crippen molar-refractivity contribution in [2.75, 3.05) is 5.32 Å². The number of anilines is 1. The van der Waals surface area contributed by atoms with Crippen LogP contribution in [0, 0.1) is 0 Å². The first-order valence-corrected chi connectivity index (χ1v) is 9.90. The lowest BCUT2D eigenvalue weighted by Crippen LogP contribution is -2.33. The van der Waals surface area contributed by atoms with Gasteiger partial charge < -0.3 is 10.6 Å². The summed E-state index contributed by atoms with van der Waals surface area (Å²) in [5, 5.41) is 5.94. The van der Waals surface area contributed by atoms with Crippen LogP contribution in [0.25, 0.3) is 0 Å². The van der Waals surface area contributed by atoms with Crippen molar-refractivity contribution >= 4 is 17.5 Å². The van der Waals surface area contributed by atoms with Crippen LogP contribution in [0.4, 0.5) is 5.69 Å². The van der Waals surface area contributed by atoms with Crippen LogP contribution in [0.2, 0.25) is 0 Å². The molecule has 0 spiro atoms. The smallest absolute Gasteiger partial charge is 0.253 e. The number of hydrogen-bond acceptors (Lipinski definition) is 2. The number of carbonyl (C=O) groups is 2. The van der Waals surface area contributed by atoms with Crippen LogP contribution < -0.4 is 10.6 Å². The second-order valence-corrected chi connectivity index (χ2v) is 7.07. The Hall–Kier alpha value is -3.40. The lowest BCUT2D eigenvalue weighted by Gasteiger charge is -2.19. The van der Waals surface area contributed by atoms with Gasteiger partial charge in [-0.05, 0) is 36.6 Å². The molecule has 2 N–H and O–H groups in total. The molecule has 3 aromatic rings. The van der Waals surface area contributed by atoms with Crippen molar-refractivity contribution in [3.8, 4) is 0 Å². The summed E-state index contributed by atoms with van der Waals surface area (Å²) in [5.41, 5.74) is 2.77. The van der Waals surface area contributed by atoms with Gasteiger partial charge in [0, 0.05) is 6.04 Å². The van der Waals surface area contributed by atoms with Crippen LogP contribution in [0.15, 0.2) is 84.9 Å². The van der Waals surface area contributed by atoms with Crippen LogP contribution in [0.1, 0.15) is 47.7 Å². The Bertz CT molecular complexity index is 915. The molecule has 3 aromatic carbocycles. The average Bonchev–Trinajstić information content (AvgIpc) is 2.75. The van der Waals surface area contributed by atoms with Crippen molar-refractivity contribution < 1.29 is 9.59 Å². The topological polar surface area (TPSA) is 58.2 Å². The molecule has 0 saturated heterocycles. The molecule has 0 aliphatic heterocycles. The minimum absolute atomic E-state index is 0.0626. The normalized spacial score (nSPS) is 11.7. The van der Waals surface area contributed by atoms with Gasteiger partial charge in [-0.2, -0.15) is 0 Å². The zero-order valence-electron chi connectivity index (χ0n) is 16.8. The molecule has 148 valence electrons. The van der Waals surface area contributed by atoms with Gasteiger partial charge in [-0.1, -0.05) is 79.7 Å². The predicted molar refractivity (Wildman–Crippen MR) is 117 cm³/mol. The molecule has 4 heteroatoms. The number of para-hydroxylation sites is 1. The minimum atomic E-state index is -0.469. The SMILES string of the molecule is CCC(C)NC(=O)c1ccccc1NC(=O)C(c1ccccc1)c1ccccc1. The summed E-state index contributed by atoms with van der Waals surface area (Å²) in [5.74, 6) is -0.833. The molecule has 0 aromatic heterocycles. The van der Waals surface area contributed by atoms with E-state index in [1.54, 1.807) is 18.2 Å². The Morgan fingerprint density at radius 1 is 0.793 bits per heavy atom. The zero-order chi connectivity index (χ0) is 20.6. The molecule has 0 heterocycles. The molecule has 4 nitrogen and oxygen atoms in total. The standard InChI is InChI=1S/C25H26N2O2/c1-3-18(2)26-24(28)21-16-10-11-17-22(21)27-25(29)23(19-12-6-4-7-13-19)20-14-8-5-9-15-20/h4-18,23H,3H2,1-2H3,(H,26,28)(H,27,29). The van der Waals surface area contributed by atoms with E-state index >= 15 is 0 Å². The van der Waals surface area contributed by atoms with Gasteiger partial charge in [-0.3, -0.25) is 9.59 Å². The van der Waals surface area contributed by atoms with Crippen LogP contribution >= 0.6 is 0 Å². The summed E-state index contributed by atoms with van der Waals surface area (Å²) in [6.45, 7) is 3.98. The molecule has 0 bridgehead atoms. The molecule has 0 saturated carbocycles. The molecule has 1 unspecified atom stereocenters. The number of hydrogen-bond donors (Lipinski definition) is 2. The van der Waals surface area contributed by atoms with E-state index in [2.05, 4.69) is 10.6 Å². The van der Waals surface area contributed by atoms with Gasteiger partial charge in [0.15, 0.2) is 0 Å². The van der Waals surface area contributed by atoms with Crippen LogP contribution in [-0.2, 0) is 4.79 Å². The van der Waals surface area contributed by atoms with Gasteiger partial charge in [0.05, 0.1) is 17.2 Å². The van der Waals surface area contributed by atoms with E-state index in [0.29, 0.717) is 11.3 Å². The van der Waals surface area contributed by atoms with Gasteiger partial charge in [-0.15, -0.1) is 0 Å². The number of carbonyl (C=O) groups excluding carboxylic acids is 2. The quantitative estimate of drug-likeness (QED) is 0.601. The van der Waals surface area contributed by atoms with Crippen molar-refractivity contribution in [2.24, 2.45) is 0 Å². The molecular formula is C25H26N2O2. The second-order valence-electron chi connectivity index (χ2n) is 7.07. The van der Waals surface area contributed by atoms with Crippen LogP contribution in [-0.4, -0.2) is 17.9 Å². The van der Waals surface area contributed by atoms with E-state index in [0.717, 1.165) is 17.5 Å². The highest BCUT2D eigenvalue weighted by molar-refractivity contribution is 6.06. The highest BCUT2D eigenvalue weighted by atomic mass is 16.2. The molecule has 2 amide bonds. The summed E-state index contributed by atoms with van der Waals surface area (Å²) in [6.07, 6.45) is 0.838. The monoisotopic (exact) mass is 386 g/mol. The summed E-state index contributed by atoms with van der Waals surface area (Å²) < 4.78 is 0. The maximum Gasteiger partial charge on any atom is 0.253 e.